The third-order valence-electron chi connectivity index (χ3n) is 2.15. The molecule has 0 aliphatic rings. The molecule has 1 aromatic carbocycles. The van der Waals surface area contributed by atoms with E-state index in [0.29, 0.717) is 10.9 Å². The van der Waals surface area contributed by atoms with Gasteiger partial charge in [0.1, 0.15) is 5.75 Å². The van der Waals surface area contributed by atoms with Crippen molar-refractivity contribution >= 4 is 11.6 Å². The summed E-state index contributed by atoms with van der Waals surface area (Å²) < 4.78 is 5.09. The Kier molecular flexibility index (Phi) is 4.52. The third-order valence-corrected chi connectivity index (χ3v) is 2.44. The van der Waals surface area contributed by atoms with Crippen molar-refractivity contribution in [3.63, 3.8) is 0 Å². The van der Waals surface area contributed by atoms with Crippen molar-refractivity contribution in [1.29, 1.82) is 0 Å². The summed E-state index contributed by atoms with van der Waals surface area (Å²) in [5, 5.41) is 0.659. The van der Waals surface area contributed by atoms with Crippen molar-refractivity contribution < 1.29 is 4.74 Å². The van der Waals surface area contributed by atoms with Crippen LogP contribution in [0.5, 0.6) is 5.75 Å². The van der Waals surface area contributed by atoms with E-state index in [-0.39, 0.29) is 0 Å². The summed E-state index contributed by atoms with van der Waals surface area (Å²) in [7, 11) is 1.62. The van der Waals surface area contributed by atoms with E-state index in [1.807, 2.05) is 25.1 Å². The van der Waals surface area contributed by atoms with Gasteiger partial charge in [0.15, 0.2) is 0 Å². The molecule has 0 spiro atoms. The second-order valence-corrected chi connectivity index (χ2v) is 3.88. The van der Waals surface area contributed by atoms with Crippen LogP contribution in [-0.4, -0.2) is 7.11 Å². The molecule has 0 aliphatic heterocycles. The second kappa shape index (κ2) is 5.68. The average molecular weight is 223 g/mol. The smallest absolute Gasteiger partial charge is 0.137 e. The maximum Gasteiger partial charge on any atom is 0.137 e. The van der Waals surface area contributed by atoms with E-state index in [9.17, 15) is 0 Å². The van der Waals surface area contributed by atoms with Gasteiger partial charge in [0.05, 0.1) is 12.1 Å². The number of hydrogen-bond acceptors (Lipinski definition) is 1. The van der Waals surface area contributed by atoms with Crippen LogP contribution in [0.1, 0.15) is 19.4 Å². The molecule has 2 heteroatoms. The first-order valence-corrected chi connectivity index (χ1v) is 5.30. The summed E-state index contributed by atoms with van der Waals surface area (Å²) in [6.45, 7) is 3.96. The molecular formula is C13H15ClO. The zero-order valence-electron chi connectivity index (χ0n) is 9.30. The summed E-state index contributed by atoms with van der Waals surface area (Å²) in [5.41, 5.74) is 1.19. The minimum Gasteiger partial charge on any atom is -0.495 e. The summed E-state index contributed by atoms with van der Waals surface area (Å²) in [6.07, 6.45) is 0.921. The zero-order chi connectivity index (χ0) is 11.3. The predicted molar refractivity (Wildman–Crippen MR) is 64.3 cm³/mol. The van der Waals surface area contributed by atoms with Gasteiger partial charge in [0.25, 0.3) is 0 Å². The standard InChI is InChI=1S/C13H15ClO/c1-4-5-10(2)8-11-6-7-13(15-3)12(14)9-11/h6-7,9-10H,8H2,1-3H3. The van der Waals surface area contributed by atoms with Gasteiger partial charge in [-0.2, -0.15) is 0 Å². The quantitative estimate of drug-likeness (QED) is 0.711. The molecule has 1 rings (SSSR count). The van der Waals surface area contributed by atoms with Gasteiger partial charge in [0.2, 0.25) is 0 Å². The van der Waals surface area contributed by atoms with Crippen LogP contribution >= 0.6 is 11.6 Å². The van der Waals surface area contributed by atoms with Gasteiger partial charge in [-0.25, -0.2) is 0 Å². The van der Waals surface area contributed by atoms with Gasteiger partial charge in [-0.15, -0.1) is 11.8 Å². The maximum atomic E-state index is 6.03. The Bertz CT molecular complexity index is 387. The van der Waals surface area contributed by atoms with Crippen molar-refractivity contribution in [2.75, 3.05) is 7.11 Å². The fourth-order valence-electron chi connectivity index (χ4n) is 1.49. The Morgan fingerprint density at radius 2 is 2.20 bits per heavy atom. The lowest BCUT2D eigenvalue weighted by atomic mass is 10.0. The number of rotatable bonds is 3. The van der Waals surface area contributed by atoms with Crippen LogP contribution in [0.25, 0.3) is 0 Å². The van der Waals surface area contributed by atoms with Crippen LogP contribution in [0, 0.1) is 17.8 Å². The topological polar surface area (TPSA) is 9.23 Å². The highest BCUT2D eigenvalue weighted by molar-refractivity contribution is 6.32. The van der Waals surface area contributed by atoms with E-state index in [0.717, 1.165) is 12.2 Å². The molecule has 0 amide bonds. The van der Waals surface area contributed by atoms with E-state index in [2.05, 4.69) is 18.8 Å². The van der Waals surface area contributed by atoms with E-state index >= 15 is 0 Å². The zero-order valence-corrected chi connectivity index (χ0v) is 10.1. The molecule has 0 aliphatic carbocycles. The molecule has 0 saturated heterocycles. The Balaban J connectivity index is 2.78. The molecule has 0 saturated carbocycles. The SMILES string of the molecule is CC#CC(C)Cc1ccc(OC)c(Cl)c1. The second-order valence-electron chi connectivity index (χ2n) is 3.47. The highest BCUT2D eigenvalue weighted by Crippen LogP contribution is 2.25. The molecule has 1 unspecified atom stereocenters. The third kappa shape index (κ3) is 3.49. The largest absolute Gasteiger partial charge is 0.495 e. The molecule has 0 bridgehead atoms. The molecule has 1 nitrogen and oxygen atoms in total. The molecule has 0 radical (unpaired) electrons. The van der Waals surface area contributed by atoms with Gasteiger partial charge in [-0.3, -0.25) is 0 Å². The molecule has 0 N–H and O–H groups in total. The van der Waals surface area contributed by atoms with Crippen molar-refractivity contribution in [2.45, 2.75) is 20.3 Å². The molecule has 0 fully saturated rings. The summed E-state index contributed by atoms with van der Waals surface area (Å²) in [6, 6.07) is 5.86. The monoisotopic (exact) mass is 222 g/mol. The minimum atomic E-state index is 0.361. The van der Waals surface area contributed by atoms with Gasteiger partial charge in [-0.1, -0.05) is 24.6 Å². The predicted octanol–water partition coefficient (Wildman–Crippen LogP) is 3.55. The normalized spacial score (nSPS) is 11.5. The number of halogens is 1. The van der Waals surface area contributed by atoms with Crippen LogP contribution in [-0.2, 0) is 6.42 Å². The lowest BCUT2D eigenvalue weighted by Gasteiger charge is -2.07. The van der Waals surface area contributed by atoms with E-state index in [1.165, 1.54) is 5.56 Å². The van der Waals surface area contributed by atoms with Crippen LogP contribution in [0.2, 0.25) is 5.02 Å². The van der Waals surface area contributed by atoms with Crippen LogP contribution in [0.4, 0.5) is 0 Å². The van der Waals surface area contributed by atoms with Crippen LogP contribution < -0.4 is 4.74 Å². The Morgan fingerprint density at radius 3 is 2.73 bits per heavy atom. The first-order chi connectivity index (χ1) is 7.17. The van der Waals surface area contributed by atoms with Crippen molar-refractivity contribution in [3.8, 4) is 17.6 Å². The Hall–Kier alpha value is -1.13. The van der Waals surface area contributed by atoms with E-state index in [4.69, 9.17) is 16.3 Å². The number of hydrogen-bond donors (Lipinski definition) is 0. The molecule has 15 heavy (non-hydrogen) atoms. The maximum absolute atomic E-state index is 6.03. The Morgan fingerprint density at radius 1 is 1.47 bits per heavy atom. The fraction of sp³-hybridized carbons (Fsp3) is 0.385. The van der Waals surface area contributed by atoms with Crippen molar-refractivity contribution in [2.24, 2.45) is 5.92 Å². The van der Waals surface area contributed by atoms with Gasteiger partial charge < -0.3 is 4.74 Å². The molecule has 80 valence electrons. The summed E-state index contributed by atoms with van der Waals surface area (Å²) in [4.78, 5) is 0. The average Bonchev–Trinajstić information content (AvgIpc) is 2.18. The summed E-state index contributed by atoms with van der Waals surface area (Å²) >= 11 is 6.03. The molecule has 0 heterocycles. The molecular weight excluding hydrogens is 208 g/mol. The lowest BCUT2D eigenvalue weighted by Crippen LogP contribution is -1.96. The number of methoxy groups -OCH3 is 1. The van der Waals surface area contributed by atoms with Gasteiger partial charge in [-0.05, 0) is 31.0 Å². The van der Waals surface area contributed by atoms with Crippen molar-refractivity contribution in [1.82, 2.24) is 0 Å². The van der Waals surface area contributed by atoms with E-state index in [1.54, 1.807) is 7.11 Å². The highest BCUT2D eigenvalue weighted by atomic mass is 35.5. The minimum absolute atomic E-state index is 0.361. The van der Waals surface area contributed by atoms with Crippen LogP contribution in [0.3, 0.4) is 0 Å². The molecule has 1 aromatic rings. The first-order valence-electron chi connectivity index (χ1n) is 4.92. The summed E-state index contributed by atoms with van der Waals surface area (Å²) in [5.74, 6) is 7.11. The lowest BCUT2D eigenvalue weighted by molar-refractivity contribution is 0.415. The highest BCUT2D eigenvalue weighted by Gasteiger charge is 2.04. The Labute approximate surface area is 96.4 Å². The van der Waals surface area contributed by atoms with Gasteiger partial charge in [0, 0.05) is 5.92 Å². The van der Waals surface area contributed by atoms with E-state index < -0.39 is 0 Å². The van der Waals surface area contributed by atoms with Gasteiger partial charge >= 0.3 is 0 Å². The number of ether oxygens (including phenoxy) is 1. The molecule has 0 aromatic heterocycles. The van der Waals surface area contributed by atoms with Crippen molar-refractivity contribution in [3.05, 3.63) is 28.8 Å². The first kappa shape index (κ1) is 11.9. The molecule has 1 atom stereocenters. The number of benzene rings is 1. The fourth-order valence-corrected chi connectivity index (χ4v) is 1.77. The van der Waals surface area contributed by atoms with Crippen LogP contribution in [0.15, 0.2) is 18.2 Å².